The highest BCUT2D eigenvalue weighted by molar-refractivity contribution is 5.29. The Morgan fingerprint density at radius 1 is 1.05 bits per heavy atom. The highest BCUT2D eigenvalue weighted by Crippen LogP contribution is 2.32. The minimum Gasteiger partial charge on any atom is -0.314 e. The lowest BCUT2D eigenvalue weighted by Crippen LogP contribution is -2.61. The average Bonchev–Trinajstić information content (AvgIpc) is 2.38. The van der Waals surface area contributed by atoms with Crippen molar-refractivity contribution >= 4 is 0 Å². The van der Waals surface area contributed by atoms with Crippen LogP contribution in [0.1, 0.15) is 11.1 Å². The van der Waals surface area contributed by atoms with Crippen molar-refractivity contribution in [3.05, 3.63) is 35.4 Å². The zero-order valence-corrected chi connectivity index (χ0v) is 11.9. The van der Waals surface area contributed by atoms with Crippen LogP contribution in [0, 0.1) is 0 Å². The van der Waals surface area contributed by atoms with Gasteiger partial charge in [0.15, 0.2) is 0 Å². The number of piperazine rings is 1. The quantitative estimate of drug-likeness (QED) is 0.918. The van der Waals surface area contributed by atoms with Gasteiger partial charge in [-0.1, -0.05) is 18.2 Å². The van der Waals surface area contributed by atoms with E-state index in [1.807, 2.05) is 0 Å². The SMILES string of the molecule is FC(F)(F)c1ccccc1CN1CCN(C2CNC2)CC1. The van der Waals surface area contributed by atoms with Crippen LogP contribution < -0.4 is 5.32 Å². The summed E-state index contributed by atoms with van der Waals surface area (Å²) < 4.78 is 39.0. The lowest BCUT2D eigenvalue weighted by atomic mass is 10.1. The predicted octanol–water partition coefficient (Wildman–Crippen LogP) is 1.79. The van der Waals surface area contributed by atoms with E-state index in [9.17, 15) is 13.2 Å². The van der Waals surface area contributed by atoms with Gasteiger partial charge in [-0.3, -0.25) is 9.80 Å². The molecular weight excluding hydrogens is 279 g/mol. The first-order valence-electron chi connectivity index (χ1n) is 7.36. The van der Waals surface area contributed by atoms with E-state index in [4.69, 9.17) is 0 Å². The molecular formula is C15H20F3N3. The second-order valence-corrected chi connectivity index (χ2v) is 5.78. The van der Waals surface area contributed by atoms with Gasteiger partial charge in [-0.2, -0.15) is 13.2 Å². The van der Waals surface area contributed by atoms with E-state index in [0.29, 0.717) is 18.2 Å². The molecule has 0 atom stereocenters. The number of benzene rings is 1. The Kier molecular flexibility index (Phi) is 4.19. The maximum Gasteiger partial charge on any atom is 0.416 e. The Morgan fingerprint density at radius 3 is 2.29 bits per heavy atom. The van der Waals surface area contributed by atoms with E-state index in [1.54, 1.807) is 12.1 Å². The molecule has 3 nitrogen and oxygen atoms in total. The van der Waals surface area contributed by atoms with Crippen LogP contribution in [0.15, 0.2) is 24.3 Å². The molecule has 1 aromatic rings. The number of halogens is 3. The molecule has 0 saturated carbocycles. The highest BCUT2D eigenvalue weighted by atomic mass is 19.4. The van der Waals surface area contributed by atoms with Crippen molar-refractivity contribution in [2.75, 3.05) is 39.3 Å². The topological polar surface area (TPSA) is 18.5 Å². The minimum atomic E-state index is -4.27. The first-order chi connectivity index (χ1) is 10.0. The Balaban J connectivity index is 1.60. The third kappa shape index (κ3) is 3.39. The largest absolute Gasteiger partial charge is 0.416 e. The van der Waals surface area contributed by atoms with E-state index < -0.39 is 11.7 Å². The molecule has 0 spiro atoms. The Labute approximate surface area is 122 Å². The summed E-state index contributed by atoms with van der Waals surface area (Å²) in [4.78, 5) is 4.55. The number of hydrogen-bond donors (Lipinski definition) is 1. The molecule has 2 fully saturated rings. The lowest BCUT2D eigenvalue weighted by Gasteiger charge is -2.43. The normalized spacial score (nSPS) is 22.2. The summed E-state index contributed by atoms with van der Waals surface area (Å²) in [6.07, 6.45) is -4.27. The van der Waals surface area contributed by atoms with Gasteiger partial charge in [0.05, 0.1) is 5.56 Å². The fourth-order valence-corrected chi connectivity index (χ4v) is 2.99. The summed E-state index contributed by atoms with van der Waals surface area (Å²) in [6, 6.07) is 6.51. The number of rotatable bonds is 3. The first-order valence-corrected chi connectivity index (χ1v) is 7.36. The zero-order valence-electron chi connectivity index (χ0n) is 11.9. The summed E-state index contributed by atoms with van der Waals surface area (Å²) in [7, 11) is 0. The van der Waals surface area contributed by atoms with Crippen LogP contribution in [-0.2, 0) is 12.7 Å². The van der Waals surface area contributed by atoms with Crippen LogP contribution in [-0.4, -0.2) is 55.1 Å². The third-order valence-electron chi connectivity index (χ3n) is 4.40. The van der Waals surface area contributed by atoms with E-state index in [1.165, 1.54) is 12.1 Å². The Hall–Kier alpha value is -1.11. The lowest BCUT2D eigenvalue weighted by molar-refractivity contribution is -0.138. The summed E-state index contributed by atoms with van der Waals surface area (Å²) in [5, 5.41) is 3.25. The van der Waals surface area contributed by atoms with Gasteiger partial charge in [0.2, 0.25) is 0 Å². The maximum atomic E-state index is 13.0. The molecule has 2 heterocycles. The molecule has 6 heteroatoms. The fraction of sp³-hybridized carbons (Fsp3) is 0.600. The second kappa shape index (κ2) is 5.94. The molecule has 0 aromatic heterocycles. The van der Waals surface area contributed by atoms with Crippen molar-refractivity contribution in [3.8, 4) is 0 Å². The molecule has 116 valence electrons. The van der Waals surface area contributed by atoms with Crippen LogP contribution in [0.3, 0.4) is 0 Å². The monoisotopic (exact) mass is 299 g/mol. The average molecular weight is 299 g/mol. The standard InChI is InChI=1S/C15H20F3N3/c16-15(17,18)14-4-2-1-3-12(14)11-20-5-7-21(8-6-20)13-9-19-10-13/h1-4,13,19H,5-11H2. The van der Waals surface area contributed by atoms with Crippen LogP contribution in [0.5, 0.6) is 0 Å². The van der Waals surface area contributed by atoms with Gasteiger partial charge in [0.1, 0.15) is 0 Å². The van der Waals surface area contributed by atoms with Crippen LogP contribution in [0.2, 0.25) is 0 Å². The van der Waals surface area contributed by atoms with Crippen molar-refractivity contribution in [1.29, 1.82) is 0 Å². The summed E-state index contributed by atoms with van der Waals surface area (Å²) in [5.74, 6) is 0. The van der Waals surface area contributed by atoms with Crippen molar-refractivity contribution < 1.29 is 13.2 Å². The third-order valence-corrected chi connectivity index (χ3v) is 4.40. The van der Waals surface area contributed by atoms with E-state index in [-0.39, 0.29) is 0 Å². The van der Waals surface area contributed by atoms with Crippen molar-refractivity contribution in [2.45, 2.75) is 18.8 Å². The number of nitrogens with one attached hydrogen (secondary N) is 1. The van der Waals surface area contributed by atoms with Crippen LogP contribution >= 0.6 is 0 Å². The van der Waals surface area contributed by atoms with Gasteiger partial charge < -0.3 is 5.32 Å². The van der Waals surface area contributed by atoms with Gasteiger partial charge in [0, 0.05) is 51.9 Å². The van der Waals surface area contributed by atoms with Gasteiger partial charge in [-0.25, -0.2) is 0 Å². The van der Waals surface area contributed by atoms with Gasteiger partial charge >= 0.3 is 6.18 Å². The summed E-state index contributed by atoms with van der Waals surface area (Å²) >= 11 is 0. The van der Waals surface area contributed by atoms with Crippen LogP contribution in [0.25, 0.3) is 0 Å². The molecule has 0 aliphatic carbocycles. The van der Waals surface area contributed by atoms with E-state index >= 15 is 0 Å². The fourth-order valence-electron chi connectivity index (χ4n) is 2.99. The molecule has 0 radical (unpaired) electrons. The molecule has 1 N–H and O–H groups in total. The Bertz CT molecular complexity index is 477. The summed E-state index contributed by atoms with van der Waals surface area (Å²) in [6.45, 7) is 6.02. The smallest absolute Gasteiger partial charge is 0.314 e. The number of hydrogen-bond acceptors (Lipinski definition) is 3. The predicted molar refractivity (Wildman–Crippen MR) is 75.0 cm³/mol. The Morgan fingerprint density at radius 2 is 1.71 bits per heavy atom. The van der Waals surface area contributed by atoms with Crippen molar-refractivity contribution in [2.24, 2.45) is 0 Å². The molecule has 2 aliphatic heterocycles. The van der Waals surface area contributed by atoms with Gasteiger partial charge in [-0.05, 0) is 11.6 Å². The van der Waals surface area contributed by atoms with Crippen molar-refractivity contribution in [3.63, 3.8) is 0 Å². The summed E-state index contributed by atoms with van der Waals surface area (Å²) in [5.41, 5.74) is -0.126. The van der Waals surface area contributed by atoms with E-state index in [0.717, 1.165) is 39.3 Å². The molecule has 0 amide bonds. The molecule has 2 aliphatic rings. The molecule has 0 unspecified atom stereocenters. The zero-order chi connectivity index (χ0) is 14.9. The first kappa shape index (κ1) is 14.8. The van der Waals surface area contributed by atoms with Gasteiger partial charge in [-0.15, -0.1) is 0 Å². The van der Waals surface area contributed by atoms with Crippen LogP contribution in [0.4, 0.5) is 13.2 Å². The maximum absolute atomic E-state index is 13.0. The molecule has 0 bridgehead atoms. The molecule has 1 aromatic carbocycles. The molecule has 3 rings (SSSR count). The van der Waals surface area contributed by atoms with Gasteiger partial charge in [0.25, 0.3) is 0 Å². The van der Waals surface area contributed by atoms with E-state index in [2.05, 4.69) is 15.1 Å². The number of nitrogens with zero attached hydrogens (tertiary/aromatic N) is 2. The minimum absolute atomic E-state index is 0.378. The highest BCUT2D eigenvalue weighted by Gasteiger charge is 2.34. The molecule has 2 saturated heterocycles. The van der Waals surface area contributed by atoms with Crippen molar-refractivity contribution in [1.82, 2.24) is 15.1 Å². The second-order valence-electron chi connectivity index (χ2n) is 5.78. The molecule has 21 heavy (non-hydrogen) atoms. The number of alkyl halides is 3.